The number of nitrogens with one attached hydrogen (secondary N) is 1. The van der Waals surface area contributed by atoms with Crippen molar-refractivity contribution in [3.63, 3.8) is 0 Å². The molecule has 0 bridgehead atoms. The number of hydrogen-bond acceptors (Lipinski definition) is 5. The molecule has 0 unspecified atom stereocenters. The summed E-state index contributed by atoms with van der Waals surface area (Å²) >= 11 is 6.02. The highest BCUT2D eigenvalue weighted by atomic mass is 35.5. The molecule has 6 nitrogen and oxygen atoms in total. The summed E-state index contributed by atoms with van der Waals surface area (Å²) in [6, 6.07) is 14.6. The number of methoxy groups -OCH3 is 1. The Morgan fingerprint density at radius 3 is 2.54 bits per heavy atom. The number of hydrogen-bond donors (Lipinski definition) is 1. The van der Waals surface area contributed by atoms with Gasteiger partial charge in [-0.05, 0) is 30.3 Å². The molecule has 0 saturated carbocycles. The van der Waals surface area contributed by atoms with E-state index < -0.39 is 0 Å². The van der Waals surface area contributed by atoms with Gasteiger partial charge in [0.15, 0.2) is 0 Å². The first-order chi connectivity index (χ1) is 12.6. The molecule has 1 N–H and O–H groups in total. The summed E-state index contributed by atoms with van der Waals surface area (Å²) in [6.45, 7) is 0. The van der Waals surface area contributed by atoms with Crippen molar-refractivity contribution in [3.8, 4) is 5.75 Å². The van der Waals surface area contributed by atoms with Crippen molar-refractivity contribution in [1.29, 1.82) is 0 Å². The van der Waals surface area contributed by atoms with Crippen molar-refractivity contribution in [2.75, 3.05) is 24.4 Å². The second-order valence-corrected chi connectivity index (χ2v) is 5.89. The molecule has 0 fully saturated rings. The topological polar surface area (TPSA) is 67.3 Å². The Morgan fingerprint density at radius 1 is 1.12 bits per heavy atom. The van der Waals surface area contributed by atoms with Crippen LogP contribution in [0, 0.1) is 0 Å². The van der Waals surface area contributed by atoms with Crippen LogP contribution in [0.15, 0.2) is 60.9 Å². The summed E-state index contributed by atoms with van der Waals surface area (Å²) in [5, 5.41) is 3.65. The number of carbonyl (C=O) groups excluding carboxylic acids is 1. The number of amides is 1. The minimum absolute atomic E-state index is 0.240. The minimum atomic E-state index is -0.240. The van der Waals surface area contributed by atoms with Crippen LogP contribution in [0.3, 0.4) is 0 Å². The molecule has 132 valence electrons. The molecule has 26 heavy (non-hydrogen) atoms. The first-order valence-electron chi connectivity index (χ1n) is 7.84. The fourth-order valence-corrected chi connectivity index (χ4v) is 2.53. The van der Waals surface area contributed by atoms with Gasteiger partial charge in [0.1, 0.15) is 17.3 Å². The molecule has 1 heterocycles. The second kappa shape index (κ2) is 7.84. The van der Waals surface area contributed by atoms with E-state index in [1.807, 2.05) is 30.3 Å². The van der Waals surface area contributed by atoms with Crippen LogP contribution in [0.4, 0.5) is 17.2 Å². The number of aromatic nitrogens is 2. The lowest BCUT2D eigenvalue weighted by Gasteiger charge is -2.16. The van der Waals surface area contributed by atoms with E-state index in [0.29, 0.717) is 22.3 Å². The van der Waals surface area contributed by atoms with Crippen LogP contribution in [0.5, 0.6) is 5.75 Å². The fourth-order valence-electron chi connectivity index (χ4n) is 2.36. The summed E-state index contributed by atoms with van der Waals surface area (Å²) in [4.78, 5) is 22.5. The predicted octanol–water partition coefficient (Wildman–Crippen LogP) is 4.16. The Morgan fingerprint density at radius 2 is 1.88 bits per heavy atom. The molecule has 1 amide bonds. The highest BCUT2D eigenvalue weighted by molar-refractivity contribution is 6.31. The van der Waals surface area contributed by atoms with Gasteiger partial charge in [-0.15, -0.1) is 0 Å². The molecule has 0 saturated heterocycles. The van der Waals surface area contributed by atoms with Crippen molar-refractivity contribution in [2.24, 2.45) is 0 Å². The Balaban J connectivity index is 1.77. The van der Waals surface area contributed by atoms with Crippen LogP contribution >= 0.6 is 11.6 Å². The van der Waals surface area contributed by atoms with E-state index >= 15 is 0 Å². The van der Waals surface area contributed by atoms with Gasteiger partial charge in [-0.1, -0.05) is 29.8 Å². The van der Waals surface area contributed by atoms with E-state index in [4.69, 9.17) is 16.3 Å². The summed E-state index contributed by atoms with van der Waals surface area (Å²) in [5.74, 6) is 0.861. The lowest BCUT2D eigenvalue weighted by atomic mass is 10.2. The number of ether oxygens (including phenoxy) is 1. The van der Waals surface area contributed by atoms with E-state index in [1.54, 1.807) is 32.4 Å². The second-order valence-electron chi connectivity index (χ2n) is 5.46. The van der Waals surface area contributed by atoms with E-state index in [0.717, 1.165) is 5.69 Å². The fraction of sp³-hybridized carbons (Fsp3) is 0.105. The monoisotopic (exact) mass is 368 g/mol. The van der Waals surface area contributed by atoms with Gasteiger partial charge in [0.05, 0.1) is 25.2 Å². The molecule has 2 aromatic carbocycles. The molecule has 7 heteroatoms. The lowest BCUT2D eigenvalue weighted by molar-refractivity contribution is 0.0988. The average molecular weight is 369 g/mol. The number of halogens is 1. The van der Waals surface area contributed by atoms with Crippen molar-refractivity contribution < 1.29 is 9.53 Å². The first kappa shape index (κ1) is 17.7. The summed E-state index contributed by atoms with van der Waals surface area (Å²) in [6.07, 6.45) is 2.92. The Labute approximate surface area is 156 Å². The van der Waals surface area contributed by atoms with Gasteiger partial charge in [-0.2, -0.15) is 0 Å². The normalized spacial score (nSPS) is 10.3. The molecule has 0 aliphatic carbocycles. The quantitative estimate of drug-likeness (QED) is 0.732. The zero-order valence-electron chi connectivity index (χ0n) is 14.3. The number of nitrogens with zero attached hydrogens (tertiary/aromatic N) is 3. The number of anilines is 3. The standard InChI is InChI=1S/C19H17ClN4O2/c1-24(14-6-4-3-5-7-14)19(25)16-11-22-18(12-21-16)23-15-10-13(20)8-9-17(15)26-2/h3-12H,1-2H3,(H,22,23). The van der Waals surface area contributed by atoms with Gasteiger partial charge in [0.25, 0.3) is 5.91 Å². The molecular formula is C19H17ClN4O2. The van der Waals surface area contributed by atoms with Gasteiger partial charge in [-0.25, -0.2) is 9.97 Å². The zero-order chi connectivity index (χ0) is 18.5. The van der Waals surface area contributed by atoms with Gasteiger partial charge < -0.3 is 15.0 Å². The number of rotatable bonds is 5. The molecule has 3 rings (SSSR count). The van der Waals surface area contributed by atoms with Crippen molar-refractivity contribution in [3.05, 3.63) is 71.6 Å². The molecule has 0 spiro atoms. The van der Waals surface area contributed by atoms with Gasteiger partial charge >= 0.3 is 0 Å². The SMILES string of the molecule is COc1ccc(Cl)cc1Nc1cnc(C(=O)N(C)c2ccccc2)cn1. The minimum Gasteiger partial charge on any atom is -0.495 e. The van der Waals surface area contributed by atoms with Crippen molar-refractivity contribution in [2.45, 2.75) is 0 Å². The number of carbonyl (C=O) groups is 1. The third kappa shape index (κ3) is 3.92. The molecule has 0 aliphatic rings. The molecule has 0 atom stereocenters. The molecular weight excluding hydrogens is 352 g/mol. The smallest absolute Gasteiger partial charge is 0.278 e. The summed E-state index contributed by atoms with van der Waals surface area (Å²) in [5.41, 5.74) is 1.69. The highest BCUT2D eigenvalue weighted by Crippen LogP contribution is 2.29. The van der Waals surface area contributed by atoms with Gasteiger partial charge in [0, 0.05) is 17.8 Å². The van der Waals surface area contributed by atoms with Crippen LogP contribution < -0.4 is 15.0 Å². The molecule has 3 aromatic rings. The van der Waals surface area contributed by atoms with Crippen molar-refractivity contribution in [1.82, 2.24) is 9.97 Å². The van der Waals surface area contributed by atoms with Gasteiger partial charge in [0.2, 0.25) is 0 Å². The molecule has 1 aromatic heterocycles. The third-order valence-electron chi connectivity index (χ3n) is 3.74. The van der Waals surface area contributed by atoms with E-state index in [1.165, 1.54) is 17.3 Å². The first-order valence-corrected chi connectivity index (χ1v) is 8.22. The van der Waals surface area contributed by atoms with E-state index in [9.17, 15) is 4.79 Å². The Hall–Kier alpha value is -3.12. The van der Waals surface area contributed by atoms with Crippen LogP contribution in [-0.2, 0) is 0 Å². The van der Waals surface area contributed by atoms with Crippen LogP contribution in [0.1, 0.15) is 10.5 Å². The van der Waals surface area contributed by atoms with Crippen molar-refractivity contribution >= 4 is 34.7 Å². The van der Waals surface area contributed by atoms with Crippen LogP contribution in [-0.4, -0.2) is 30.0 Å². The average Bonchev–Trinajstić information content (AvgIpc) is 2.68. The number of para-hydroxylation sites is 1. The molecule has 0 radical (unpaired) electrons. The molecule has 0 aliphatic heterocycles. The van der Waals surface area contributed by atoms with E-state index in [-0.39, 0.29) is 11.6 Å². The maximum absolute atomic E-state index is 12.5. The lowest BCUT2D eigenvalue weighted by Crippen LogP contribution is -2.27. The predicted molar refractivity (Wildman–Crippen MR) is 102 cm³/mol. The Bertz CT molecular complexity index is 901. The van der Waals surface area contributed by atoms with Gasteiger partial charge in [-0.3, -0.25) is 4.79 Å². The summed E-state index contributed by atoms with van der Waals surface area (Å²) < 4.78 is 5.28. The van der Waals surface area contributed by atoms with Crippen LogP contribution in [0.2, 0.25) is 5.02 Å². The maximum Gasteiger partial charge on any atom is 0.278 e. The number of benzene rings is 2. The third-order valence-corrected chi connectivity index (χ3v) is 3.98. The Kier molecular flexibility index (Phi) is 5.34. The zero-order valence-corrected chi connectivity index (χ0v) is 15.1. The maximum atomic E-state index is 12.5. The largest absolute Gasteiger partial charge is 0.495 e. The van der Waals surface area contributed by atoms with Crippen LogP contribution in [0.25, 0.3) is 0 Å². The van der Waals surface area contributed by atoms with E-state index in [2.05, 4.69) is 15.3 Å². The highest BCUT2D eigenvalue weighted by Gasteiger charge is 2.15. The summed E-state index contributed by atoms with van der Waals surface area (Å²) in [7, 11) is 3.27.